The van der Waals surface area contributed by atoms with Gasteiger partial charge in [-0.25, -0.2) is 10.3 Å². The fourth-order valence-electron chi connectivity index (χ4n) is 0.678. The van der Waals surface area contributed by atoms with Crippen LogP contribution in [0.2, 0.25) is 0 Å². The Hall–Kier alpha value is -1.30. The van der Waals surface area contributed by atoms with Crippen molar-refractivity contribution in [1.82, 2.24) is 10.8 Å². The van der Waals surface area contributed by atoms with E-state index in [4.69, 9.17) is 10.9 Å². The molecule has 6 nitrogen and oxygen atoms in total. The highest BCUT2D eigenvalue weighted by atomic mass is 16.5. The summed E-state index contributed by atoms with van der Waals surface area (Å²) in [5, 5.41) is 10.5. The molecule has 5 N–H and O–H groups in total. The van der Waals surface area contributed by atoms with Crippen LogP contribution in [0.25, 0.3) is 0 Å². The topological polar surface area (TPSA) is 104 Å². The van der Waals surface area contributed by atoms with Crippen LogP contribution in [0.5, 0.6) is 0 Å². The molecule has 0 heterocycles. The quantitative estimate of drug-likeness (QED) is 0.253. The monoisotopic (exact) mass is 175 g/mol. The van der Waals surface area contributed by atoms with E-state index in [0.717, 1.165) is 0 Å². The highest BCUT2D eigenvalue weighted by molar-refractivity contribution is 5.74. The maximum absolute atomic E-state index is 10.4. The van der Waals surface area contributed by atoms with Crippen molar-refractivity contribution in [2.45, 2.75) is 19.3 Å². The third-order valence-corrected chi connectivity index (χ3v) is 1.25. The molecule has 6 heteroatoms. The number of nitrogens with two attached hydrogens (primary N) is 1. The first-order valence-corrected chi connectivity index (χ1v) is 3.63. The first kappa shape index (κ1) is 10.7. The average Bonchev–Trinajstić information content (AvgIpc) is 2.03. The number of carbonyl (C=O) groups is 2. The number of rotatable bonds is 5. The predicted molar refractivity (Wildman–Crippen MR) is 41.4 cm³/mol. The molecule has 0 unspecified atom stereocenters. The van der Waals surface area contributed by atoms with Gasteiger partial charge in [-0.15, -0.1) is 0 Å². The zero-order valence-corrected chi connectivity index (χ0v) is 6.67. The third-order valence-electron chi connectivity index (χ3n) is 1.25. The van der Waals surface area contributed by atoms with Crippen molar-refractivity contribution >= 4 is 11.9 Å². The lowest BCUT2D eigenvalue weighted by Crippen LogP contribution is -2.30. The maximum atomic E-state index is 10.4. The smallest absolute Gasteiger partial charge is 0.312 e. The van der Waals surface area contributed by atoms with Gasteiger partial charge in [0, 0.05) is 13.0 Å². The molecule has 0 radical (unpaired) electrons. The Balaban J connectivity index is 3.11. The van der Waals surface area contributed by atoms with E-state index in [1.54, 1.807) is 0 Å². The summed E-state index contributed by atoms with van der Waals surface area (Å²) in [4.78, 5) is 20.6. The molecule has 0 aliphatic heterocycles. The molecule has 0 bridgehead atoms. The van der Waals surface area contributed by atoms with Gasteiger partial charge in [0.25, 0.3) is 0 Å². The maximum Gasteiger partial charge on any atom is 0.312 e. The number of primary amides is 1. The zero-order valence-electron chi connectivity index (χ0n) is 6.67. The molecule has 0 aromatic carbocycles. The second-order valence-corrected chi connectivity index (χ2v) is 2.28. The summed E-state index contributed by atoms with van der Waals surface area (Å²) in [7, 11) is 0. The number of urea groups is 1. The normalized spacial score (nSPS) is 9.08. The van der Waals surface area contributed by atoms with E-state index < -0.39 is 11.9 Å². The Morgan fingerprint density at radius 1 is 1.33 bits per heavy atom. The summed E-state index contributed by atoms with van der Waals surface area (Å²) >= 11 is 0. The molecule has 0 aliphatic carbocycles. The molecule has 0 aliphatic rings. The minimum atomic E-state index is -0.568. The fraction of sp³-hybridized carbons (Fsp3) is 0.667. The average molecular weight is 175 g/mol. The molecule has 12 heavy (non-hydrogen) atoms. The first-order valence-electron chi connectivity index (χ1n) is 3.63. The van der Waals surface area contributed by atoms with E-state index >= 15 is 0 Å². The minimum absolute atomic E-state index is 0.247. The van der Waals surface area contributed by atoms with Crippen LogP contribution in [0.3, 0.4) is 0 Å². The molecule has 0 saturated heterocycles. The third kappa shape index (κ3) is 6.81. The molecule has 70 valence electrons. The highest BCUT2D eigenvalue weighted by Gasteiger charge is 1.98. The lowest BCUT2D eigenvalue weighted by molar-refractivity contribution is -0.129. The molecule has 0 saturated carbocycles. The highest BCUT2D eigenvalue weighted by Crippen LogP contribution is 1.92. The number of nitrogens with one attached hydrogen (secondary N) is 2. The van der Waals surface area contributed by atoms with Gasteiger partial charge in [-0.1, -0.05) is 0 Å². The Labute approximate surface area is 70.1 Å². The van der Waals surface area contributed by atoms with Crippen LogP contribution >= 0.6 is 0 Å². The predicted octanol–water partition coefficient (Wildman–Crippen LogP) is -0.670. The van der Waals surface area contributed by atoms with Gasteiger partial charge in [0.2, 0.25) is 5.91 Å². The lowest BCUT2D eigenvalue weighted by atomic mass is 10.2. The van der Waals surface area contributed by atoms with Crippen molar-refractivity contribution in [2.24, 2.45) is 5.73 Å². The van der Waals surface area contributed by atoms with E-state index in [1.165, 1.54) is 5.48 Å². The summed E-state index contributed by atoms with van der Waals surface area (Å²) in [5.74, 6) is -0.422. The summed E-state index contributed by atoms with van der Waals surface area (Å²) < 4.78 is 0. The standard InChI is InChI=1S/C6H13N3O3/c7-6(11)8-4-2-1-3-5(10)9-12/h12H,1-4H2,(H,9,10)(H3,7,8,11). The molecular weight excluding hydrogens is 162 g/mol. The minimum Gasteiger partial charge on any atom is -0.352 e. The summed E-state index contributed by atoms with van der Waals surface area (Å²) in [5.41, 5.74) is 6.30. The second kappa shape index (κ2) is 6.41. The number of hydrogen-bond donors (Lipinski definition) is 4. The van der Waals surface area contributed by atoms with E-state index in [1.807, 2.05) is 0 Å². The Bertz CT molecular complexity index is 160. The van der Waals surface area contributed by atoms with Gasteiger partial charge < -0.3 is 11.1 Å². The number of hydroxylamine groups is 1. The Morgan fingerprint density at radius 2 is 2.00 bits per heavy atom. The number of hydrogen-bond acceptors (Lipinski definition) is 3. The van der Waals surface area contributed by atoms with Crippen molar-refractivity contribution < 1.29 is 14.8 Å². The van der Waals surface area contributed by atoms with Crippen LogP contribution in [0.15, 0.2) is 0 Å². The molecule has 0 rings (SSSR count). The number of amides is 3. The van der Waals surface area contributed by atoms with Crippen molar-refractivity contribution in [2.75, 3.05) is 6.54 Å². The van der Waals surface area contributed by atoms with Gasteiger partial charge in [0.1, 0.15) is 0 Å². The molecule has 0 atom stereocenters. The van der Waals surface area contributed by atoms with Crippen LogP contribution in [0.4, 0.5) is 4.79 Å². The van der Waals surface area contributed by atoms with Crippen molar-refractivity contribution in [3.05, 3.63) is 0 Å². The summed E-state index contributed by atoms with van der Waals surface area (Å²) in [6.07, 6.45) is 1.51. The molecule has 0 fully saturated rings. The van der Waals surface area contributed by atoms with Gasteiger partial charge in [0.05, 0.1) is 0 Å². The number of unbranched alkanes of at least 4 members (excludes halogenated alkanes) is 1. The van der Waals surface area contributed by atoms with Gasteiger partial charge >= 0.3 is 6.03 Å². The largest absolute Gasteiger partial charge is 0.352 e. The van der Waals surface area contributed by atoms with E-state index in [0.29, 0.717) is 19.4 Å². The molecule has 0 aromatic rings. The molecular formula is C6H13N3O3. The Morgan fingerprint density at radius 3 is 2.50 bits per heavy atom. The zero-order chi connectivity index (χ0) is 9.40. The molecule has 3 amide bonds. The van der Waals surface area contributed by atoms with Crippen LogP contribution in [-0.2, 0) is 4.79 Å². The SMILES string of the molecule is NC(=O)NCCCCC(=O)NO. The van der Waals surface area contributed by atoms with E-state index in [2.05, 4.69) is 5.32 Å². The van der Waals surface area contributed by atoms with E-state index in [9.17, 15) is 9.59 Å². The second-order valence-electron chi connectivity index (χ2n) is 2.28. The van der Waals surface area contributed by atoms with Gasteiger partial charge in [-0.2, -0.15) is 0 Å². The summed E-state index contributed by atoms with van der Waals surface area (Å²) in [6.45, 7) is 0.452. The lowest BCUT2D eigenvalue weighted by Gasteiger charge is -2.00. The van der Waals surface area contributed by atoms with Crippen molar-refractivity contribution in [3.8, 4) is 0 Å². The molecule has 0 aromatic heterocycles. The van der Waals surface area contributed by atoms with Crippen LogP contribution < -0.4 is 16.5 Å². The van der Waals surface area contributed by atoms with E-state index in [-0.39, 0.29) is 6.42 Å². The number of carbonyl (C=O) groups excluding carboxylic acids is 2. The van der Waals surface area contributed by atoms with Crippen LogP contribution in [0.1, 0.15) is 19.3 Å². The first-order chi connectivity index (χ1) is 5.66. The van der Waals surface area contributed by atoms with Crippen LogP contribution in [-0.4, -0.2) is 23.7 Å². The van der Waals surface area contributed by atoms with Gasteiger partial charge in [-0.3, -0.25) is 10.0 Å². The Kier molecular flexibility index (Phi) is 5.72. The fourth-order valence-corrected chi connectivity index (χ4v) is 0.678. The van der Waals surface area contributed by atoms with Crippen molar-refractivity contribution in [3.63, 3.8) is 0 Å². The summed E-state index contributed by atoms with van der Waals surface area (Å²) in [6, 6.07) is -0.568. The van der Waals surface area contributed by atoms with Crippen LogP contribution in [0, 0.1) is 0 Å². The van der Waals surface area contributed by atoms with Gasteiger partial charge in [-0.05, 0) is 12.8 Å². The molecule has 0 spiro atoms. The van der Waals surface area contributed by atoms with Crippen molar-refractivity contribution in [1.29, 1.82) is 0 Å². The van der Waals surface area contributed by atoms with Gasteiger partial charge in [0.15, 0.2) is 0 Å².